The topological polar surface area (TPSA) is 69.6 Å². The molecule has 20 heavy (non-hydrogen) atoms. The first-order valence-corrected chi connectivity index (χ1v) is 7.64. The van der Waals surface area contributed by atoms with Gasteiger partial charge in [-0.3, -0.25) is 9.59 Å². The molecule has 2 rings (SSSR count). The molecule has 0 spiro atoms. The molecule has 0 aromatic carbocycles. The second-order valence-electron chi connectivity index (χ2n) is 6.68. The average molecular weight is 282 g/mol. The number of rotatable bonds is 3. The molecule has 3 unspecified atom stereocenters. The van der Waals surface area contributed by atoms with Gasteiger partial charge in [-0.2, -0.15) is 0 Å². The lowest BCUT2D eigenvalue weighted by molar-refractivity contribution is -0.151. The van der Waals surface area contributed by atoms with E-state index in [1.807, 2.05) is 13.8 Å². The zero-order valence-electron chi connectivity index (χ0n) is 12.7. The number of aliphatic carboxylic acids is 1. The number of nitrogens with zero attached hydrogens (tertiary/aromatic N) is 1. The molecule has 0 saturated carbocycles. The van der Waals surface area contributed by atoms with Crippen molar-refractivity contribution in [1.82, 2.24) is 10.2 Å². The fourth-order valence-electron chi connectivity index (χ4n) is 3.49. The Labute approximate surface area is 120 Å². The van der Waals surface area contributed by atoms with Crippen molar-refractivity contribution in [3.8, 4) is 0 Å². The molecule has 2 heterocycles. The van der Waals surface area contributed by atoms with E-state index in [1.54, 1.807) is 4.90 Å². The van der Waals surface area contributed by atoms with E-state index in [1.165, 1.54) is 0 Å². The Balaban J connectivity index is 2.08. The van der Waals surface area contributed by atoms with Crippen LogP contribution in [0.4, 0.5) is 0 Å². The summed E-state index contributed by atoms with van der Waals surface area (Å²) in [7, 11) is 0. The Morgan fingerprint density at radius 3 is 2.60 bits per heavy atom. The molecule has 5 nitrogen and oxygen atoms in total. The molecule has 0 radical (unpaired) electrons. The van der Waals surface area contributed by atoms with E-state index in [0.29, 0.717) is 25.4 Å². The van der Waals surface area contributed by atoms with E-state index in [9.17, 15) is 14.7 Å². The van der Waals surface area contributed by atoms with Crippen LogP contribution in [0.3, 0.4) is 0 Å². The van der Waals surface area contributed by atoms with Crippen LogP contribution in [0.2, 0.25) is 0 Å². The van der Waals surface area contributed by atoms with Gasteiger partial charge in [-0.05, 0) is 37.6 Å². The minimum atomic E-state index is -0.771. The molecule has 0 aromatic heterocycles. The molecule has 3 atom stereocenters. The lowest BCUT2D eigenvalue weighted by Crippen LogP contribution is -2.52. The highest BCUT2D eigenvalue weighted by Crippen LogP contribution is 2.38. The first-order chi connectivity index (χ1) is 9.38. The number of likely N-dealkylation sites (tertiary alicyclic amines) is 1. The Bertz CT molecular complexity index is 397. The van der Waals surface area contributed by atoms with Crippen molar-refractivity contribution < 1.29 is 14.7 Å². The summed E-state index contributed by atoms with van der Waals surface area (Å²) in [5.41, 5.74) is -0.770. The minimum Gasteiger partial charge on any atom is -0.481 e. The van der Waals surface area contributed by atoms with E-state index in [4.69, 9.17) is 0 Å². The van der Waals surface area contributed by atoms with Gasteiger partial charge in [0.2, 0.25) is 5.91 Å². The van der Waals surface area contributed by atoms with Crippen LogP contribution in [-0.4, -0.2) is 47.6 Å². The van der Waals surface area contributed by atoms with Crippen LogP contribution >= 0.6 is 0 Å². The third-order valence-electron chi connectivity index (χ3n) is 5.18. The summed E-state index contributed by atoms with van der Waals surface area (Å²) in [6.45, 7) is 7.76. The summed E-state index contributed by atoms with van der Waals surface area (Å²) < 4.78 is 0. The molecular formula is C15H26N2O3. The predicted molar refractivity (Wildman–Crippen MR) is 76.3 cm³/mol. The highest BCUT2D eigenvalue weighted by Gasteiger charge is 2.49. The van der Waals surface area contributed by atoms with Gasteiger partial charge in [0.05, 0.1) is 11.5 Å². The van der Waals surface area contributed by atoms with Crippen LogP contribution in [0.25, 0.3) is 0 Å². The molecular weight excluding hydrogens is 256 g/mol. The lowest BCUT2D eigenvalue weighted by atomic mass is 9.76. The summed E-state index contributed by atoms with van der Waals surface area (Å²) in [5, 5.41) is 12.8. The van der Waals surface area contributed by atoms with Gasteiger partial charge in [-0.25, -0.2) is 0 Å². The molecule has 2 saturated heterocycles. The van der Waals surface area contributed by atoms with Crippen molar-refractivity contribution in [2.45, 2.75) is 46.1 Å². The van der Waals surface area contributed by atoms with Crippen LogP contribution in [0.5, 0.6) is 0 Å². The van der Waals surface area contributed by atoms with Gasteiger partial charge in [0.15, 0.2) is 0 Å². The molecule has 0 bridgehead atoms. The van der Waals surface area contributed by atoms with Gasteiger partial charge in [-0.1, -0.05) is 20.8 Å². The molecule has 114 valence electrons. The SMILES string of the molecule is CC1CCCNC1C(=O)N1CCC(C(=O)O)(C(C)C)C1. The van der Waals surface area contributed by atoms with Gasteiger partial charge in [0.1, 0.15) is 0 Å². The molecule has 0 aromatic rings. The number of hydrogen-bond acceptors (Lipinski definition) is 3. The number of carbonyl (C=O) groups is 2. The summed E-state index contributed by atoms with van der Waals surface area (Å²) in [4.78, 5) is 26.0. The molecule has 5 heteroatoms. The van der Waals surface area contributed by atoms with Crippen molar-refractivity contribution in [1.29, 1.82) is 0 Å². The molecule has 0 aliphatic carbocycles. The average Bonchev–Trinajstić information content (AvgIpc) is 2.85. The number of carbonyl (C=O) groups excluding carboxylic acids is 1. The number of nitrogens with one attached hydrogen (secondary N) is 1. The van der Waals surface area contributed by atoms with Crippen molar-refractivity contribution in [3.05, 3.63) is 0 Å². The van der Waals surface area contributed by atoms with E-state index in [2.05, 4.69) is 12.2 Å². The van der Waals surface area contributed by atoms with Gasteiger partial charge < -0.3 is 15.3 Å². The van der Waals surface area contributed by atoms with Crippen molar-refractivity contribution in [2.24, 2.45) is 17.3 Å². The fraction of sp³-hybridized carbons (Fsp3) is 0.867. The first-order valence-electron chi connectivity index (χ1n) is 7.64. The van der Waals surface area contributed by atoms with E-state index in [-0.39, 0.29) is 17.9 Å². The molecule has 2 N–H and O–H groups in total. The number of amides is 1. The van der Waals surface area contributed by atoms with Crippen molar-refractivity contribution in [2.75, 3.05) is 19.6 Å². The monoisotopic (exact) mass is 282 g/mol. The molecule has 1 amide bonds. The van der Waals surface area contributed by atoms with Gasteiger partial charge in [0.25, 0.3) is 0 Å². The van der Waals surface area contributed by atoms with Gasteiger partial charge >= 0.3 is 5.97 Å². The predicted octanol–water partition coefficient (Wildman–Crippen LogP) is 1.33. The van der Waals surface area contributed by atoms with Crippen molar-refractivity contribution >= 4 is 11.9 Å². The smallest absolute Gasteiger partial charge is 0.311 e. The van der Waals surface area contributed by atoms with Crippen LogP contribution < -0.4 is 5.32 Å². The quantitative estimate of drug-likeness (QED) is 0.819. The highest BCUT2D eigenvalue weighted by molar-refractivity contribution is 5.84. The van der Waals surface area contributed by atoms with Crippen LogP contribution in [0, 0.1) is 17.3 Å². The largest absolute Gasteiger partial charge is 0.481 e. The fourth-order valence-corrected chi connectivity index (χ4v) is 3.49. The van der Waals surface area contributed by atoms with E-state index >= 15 is 0 Å². The van der Waals surface area contributed by atoms with Crippen LogP contribution in [-0.2, 0) is 9.59 Å². The maximum absolute atomic E-state index is 12.6. The third-order valence-corrected chi connectivity index (χ3v) is 5.18. The summed E-state index contributed by atoms with van der Waals surface area (Å²) in [5.74, 6) is -0.321. The number of piperidine rings is 1. The maximum Gasteiger partial charge on any atom is 0.311 e. The second kappa shape index (κ2) is 5.72. The first kappa shape index (κ1) is 15.3. The Morgan fingerprint density at radius 1 is 1.40 bits per heavy atom. The Kier molecular flexibility index (Phi) is 4.37. The summed E-state index contributed by atoms with van der Waals surface area (Å²) >= 11 is 0. The summed E-state index contributed by atoms with van der Waals surface area (Å²) in [6.07, 6.45) is 2.73. The zero-order valence-corrected chi connectivity index (χ0v) is 12.7. The van der Waals surface area contributed by atoms with Gasteiger partial charge in [-0.15, -0.1) is 0 Å². The number of carboxylic acids is 1. The standard InChI is InChI=1S/C15H26N2O3/c1-10(2)15(14(19)20)6-8-17(9-15)13(18)12-11(3)5-4-7-16-12/h10-12,16H,4-9H2,1-3H3,(H,19,20). The van der Waals surface area contributed by atoms with E-state index in [0.717, 1.165) is 19.4 Å². The van der Waals surface area contributed by atoms with Crippen LogP contribution in [0.15, 0.2) is 0 Å². The molecule has 2 fully saturated rings. The third kappa shape index (κ3) is 2.55. The number of hydrogen-bond donors (Lipinski definition) is 2. The Hall–Kier alpha value is -1.10. The molecule has 2 aliphatic rings. The summed E-state index contributed by atoms with van der Waals surface area (Å²) in [6, 6.07) is -0.138. The normalized spacial score (nSPS) is 34.5. The van der Waals surface area contributed by atoms with Gasteiger partial charge in [0, 0.05) is 13.1 Å². The highest BCUT2D eigenvalue weighted by atomic mass is 16.4. The van der Waals surface area contributed by atoms with Crippen molar-refractivity contribution in [3.63, 3.8) is 0 Å². The number of carboxylic acid groups (broad SMARTS) is 1. The van der Waals surface area contributed by atoms with E-state index < -0.39 is 11.4 Å². The maximum atomic E-state index is 12.6. The Morgan fingerprint density at radius 2 is 2.10 bits per heavy atom. The molecule has 2 aliphatic heterocycles. The van der Waals surface area contributed by atoms with Crippen LogP contribution in [0.1, 0.15) is 40.0 Å². The zero-order chi connectivity index (χ0) is 14.9. The minimum absolute atomic E-state index is 0.0366. The lowest BCUT2D eigenvalue weighted by Gasteiger charge is -2.33. The second-order valence-corrected chi connectivity index (χ2v) is 6.68.